The minimum Gasteiger partial charge on any atom is -0.450 e. The Morgan fingerprint density at radius 2 is 2.05 bits per heavy atom. The van der Waals surface area contributed by atoms with Crippen molar-refractivity contribution >= 4 is 44.9 Å². The number of halogens is 1. The summed E-state index contributed by atoms with van der Waals surface area (Å²) in [5.41, 5.74) is 7.66. The van der Waals surface area contributed by atoms with Crippen molar-refractivity contribution in [2.45, 2.75) is 6.92 Å². The summed E-state index contributed by atoms with van der Waals surface area (Å²) in [6.07, 6.45) is -0.248. The maximum atomic E-state index is 11.7. The van der Waals surface area contributed by atoms with E-state index in [1.165, 1.54) is 0 Å². The van der Waals surface area contributed by atoms with Crippen LogP contribution in [0.4, 0.5) is 10.5 Å². The third-order valence-corrected chi connectivity index (χ3v) is 4.08. The van der Waals surface area contributed by atoms with Gasteiger partial charge >= 0.3 is 6.09 Å². The van der Waals surface area contributed by atoms with Crippen LogP contribution in [0.1, 0.15) is 12.5 Å². The average Bonchev–Trinajstić information content (AvgIpc) is 2.47. The van der Waals surface area contributed by atoms with Gasteiger partial charge in [0.1, 0.15) is 4.99 Å². The van der Waals surface area contributed by atoms with E-state index in [0.717, 1.165) is 28.8 Å². The van der Waals surface area contributed by atoms with Crippen LogP contribution < -0.4 is 10.6 Å². The molecule has 0 radical (unpaired) electrons. The number of anilines is 1. The monoisotopic (exact) mass is 371 g/mol. The number of hydrogen-bond donors (Lipinski definition) is 1. The molecule has 2 rings (SSSR count). The Morgan fingerprint density at radius 3 is 2.62 bits per heavy atom. The quantitative estimate of drug-likeness (QED) is 0.826. The molecule has 0 aliphatic carbocycles. The van der Waals surface area contributed by atoms with Crippen molar-refractivity contribution in [3.05, 3.63) is 28.2 Å². The van der Waals surface area contributed by atoms with Crippen molar-refractivity contribution in [1.82, 2.24) is 4.90 Å². The second kappa shape index (κ2) is 7.09. The summed E-state index contributed by atoms with van der Waals surface area (Å²) in [6.45, 7) is 4.94. The van der Waals surface area contributed by atoms with Crippen LogP contribution in [0.25, 0.3) is 0 Å². The van der Waals surface area contributed by atoms with E-state index in [1.807, 2.05) is 25.1 Å². The molecule has 0 spiro atoms. The van der Waals surface area contributed by atoms with Gasteiger partial charge in [-0.05, 0) is 25.1 Å². The van der Waals surface area contributed by atoms with Crippen molar-refractivity contribution in [1.29, 1.82) is 0 Å². The van der Waals surface area contributed by atoms with Gasteiger partial charge in [0, 0.05) is 41.9 Å². The molecule has 7 heteroatoms. The van der Waals surface area contributed by atoms with Gasteiger partial charge in [0.05, 0.1) is 6.61 Å². The Bertz CT molecular complexity index is 545. The number of amides is 1. The normalized spacial score (nSPS) is 15.0. The number of carbonyl (C=O) groups is 1. The Kier molecular flexibility index (Phi) is 5.41. The number of nitrogens with two attached hydrogens (primary N) is 1. The van der Waals surface area contributed by atoms with Crippen LogP contribution in [0, 0.1) is 0 Å². The van der Waals surface area contributed by atoms with Crippen molar-refractivity contribution < 1.29 is 9.53 Å². The number of hydrogen-bond acceptors (Lipinski definition) is 4. The molecule has 1 aromatic rings. The molecule has 1 aliphatic heterocycles. The van der Waals surface area contributed by atoms with Gasteiger partial charge in [0.2, 0.25) is 0 Å². The molecule has 0 saturated carbocycles. The molecule has 1 aromatic carbocycles. The van der Waals surface area contributed by atoms with Gasteiger partial charge in [0.25, 0.3) is 0 Å². The van der Waals surface area contributed by atoms with E-state index >= 15 is 0 Å². The molecular formula is C14H18BrN3O2S. The molecule has 0 atom stereocenters. The lowest BCUT2D eigenvalue weighted by Crippen LogP contribution is -2.49. The zero-order chi connectivity index (χ0) is 15.4. The Hall–Kier alpha value is -1.34. The molecule has 1 heterocycles. The van der Waals surface area contributed by atoms with Crippen LogP contribution in [0.5, 0.6) is 0 Å². The van der Waals surface area contributed by atoms with Gasteiger partial charge in [-0.25, -0.2) is 4.79 Å². The highest BCUT2D eigenvalue weighted by Crippen LogP contribution is 2.25. The van der Waals surface area contributed by atoms with Gasteiger partial charge in [-0.15, -0.1) is 0 Å². The number of carbonyl (C=O) groups excluding carboxylic acids is 1. The molecular weight excluding hydrogens is 354 g/mol. The zero-order valence-corrected chi connectivity index (χ0v) is 14.2. The Labute approximate surface area is 138 Å². The number of benzene rings is 1. The minimum absolute atomic E-state index is 0.248. The van der Waals surface area contributed by atoms with Crippen LogP contribution >= 0.6 is 28.1 Å². The SMILES string of the molecule is CCOC(=O)N1CCN(c2ccc(Br)cc2C(N)=S)CC1. The second-order valence-electron chi connectivity index (χ2n) is 4.70. The minimum atomic E-state index is -0.248. The fraction of sp³-hybridized carbons (Fsp3) is 0.429. The van der Waals surface area contributed by atoms with Crippen LogP contribution in [0.2, 0.25) is 0 Å². The van der Waals surface area contributed by atoms with Gasteiger partial charge in [-0.3, -0.25) is 0 Å². The highest BCUT2D eigenvalue weighted by molar-refractivity contribution is 9.10. The lowest BCUT2D eigenvalue weighted by Gasteiger charge is -2.36. The maximum absolute atomic E-state index is 11.7. The van der Waals surface area contributed by atoms with Crippen molar-refractivity contribution in [2.75, 3.05) is 37.7 Å². The van der Waals surface area contributed by atoms with Gasteiger partial charge in [-0.1, -0.05) is 28.1 Å². The van der Waals surface area contributed by atoms with Gasteiger partial charge in [0.15, 0.2) is 0 Å². The lowest BCUT2D eigenvalue weighted by molar-refractivity contribution is 0.105. The van der Waals surface area contributed by atoms with E-state index in [2.05, 4.69) is 20.8 Å². The molecule has 1 saturated heterocycles. The fourth-order valence-electron chi connectivity index (χ4n) is 2.33. The van der Waals surface area contributed by atoms with Crippen molar-refractivity contribution in [2.24, 2.45) is 5.73 Å². The second-order valence-corrected chi connectivity index (χ2v) is 6.05. The van der Waals surface area contributed by atoms with Crippen LogP contribution in [-0.2, 0) is 4.74 Å². The first-order valence-electron chi connectivity index (χ1n) is 6.79. The summed E-state index contributed by atoms with van der Waals surface area (Å²) >= 11 is 8.55. The zero-order valence-electron chi connectivity index (χ0n) is 11.8. The lowest BCUT2D eigenvalue weighted by atomic mass is 10.1. The Morgan fingerprint density at radius 1 is 1.38 bits per heavy atom. The number of nitrogens with zero attached hydrogens (tertiary/aromatic N) is 2. The first-order valence-corrected chi connectivity index (χ1v) is 7.99. The summed E-state index contributed by atoms with van der Waals surface area (Å²) < 4.78 is 5.97. The number of rotatable bonds is 3. The van der Waals surface area contributed by atoms with E-state index in [1.54, 1.807) is 4.90 Å². The molecule has 2 N–H and O–H groups in total. The topological polar surface area (TPSA) is 58.8 Å². The molecule has 0 unspecified atom stereocenters. The van der Waals surface area contributed by atoms with Crippen molar-refractivity contribution in [3.63, 3.8) is 0 Å². The van der Waals surface area contributed by atoms with E-state index in [4.69, 9.17) is 22.7 Å². The summed E-state index contributed by atoms with van der Waals surface area (Å²) in [5, 5.41) is 0. The molecule has 21 heavy (non-hydrogen) atoms. The first kappa shape index (κ1) is 16.0. The number of piperazine rings is 1. The molecule has 1 fully saturated rings. The largest absolute Gasteiger partial charge is 0.450 e. The number of ether oxygens (including phenoxy) is 1. The van der Waals surface area contributed by atoms with Crippen LogP contribution in [-0.4, -0.2) is 48.8 Å². The Balaban J connectivity index is 2.09. The predicted octanol–water partition coefficient (Wildman–Crippen LogP) is 2.36. The summed E-state index contributed by atoms with van der Waals surface area (Å²) in [5.74, 6) is 0. The molecule has 0 aromatic heterocycles. The summed E-state index contributed by atoms with van der Waals surface area (Å²) in [7, 11) is 0. The summed E-state index contributed by atoms with van der Waals surface area (Å²) in [6, 6.07) is 5.89. The molecule has 1 aliphatic rings. The third-order valence-electron chi connectivity index (χ3n) is 3.37. The standard InChI is InChI=1S/C14H18BrN3O2S/c1-2-20-14(19)18-7-5-17(6-8-18)12-4-3-10(15)9-11(12)13(16)21/h3-4,9H,2,5-8H2,1H3,(H2,16,21). The first-order chi connectivity index (χ1) is 10.0. The van der Waals surface area contributed by atoms with Gasteiger partial charge < -0.3 is 20.3 Å². The highest BCUT2D eigenvalue weighted by Gasteiger charge is 2.23. The average molecular weight is 372 g/mol. The fourth-order valence-corrected chi connectivity index (χ4v) is 2.85. The molecule has 1 amide bonds. The number of thiocarbonyl (C=S) groups is 1. The molecule has 0 bridgehead atoms. The van der Waals surface area contributed by atoms with E-state index in [0.29, 0.717) is 24.7 Å². The molecule has 114 valence electrons. The van der Waals surface area contributed by atoms with Gasteiger partial charge in [-0.2, -0.15) is 0 Å². The third kappa shape index (κ3) is 3.85. The highest BCUT2D eigenvalue weighted by atomic mass is 79.9. The van der Waals surface area contributed by atoms with E-state index in [-0.39, 0.29) is 6.09 Å². The maximum Gasteiger partial charge on any atom is 0.409 e. The predicted molar refractivity (Wildman–Crippen MR) is 90.8 cm³/mol. The summed E-state index contributed by atoms with van der Waals surface area (Å²) in [4.78, 5) is 16.0. The van der Waals surface area contributed by atoms with Crippen molar-refractivity contribution in [3.8, 4) is 0 Å². The smallest absolute Gasteiger partial charge is 0.409 e. The molecule has 5 nitrogen and oxygen atoms in total. The van der Waals surface area contributed by atoms with E-state index in [9.17, 15) is 4.79 Å². The van der Waals surface area contributed by atoms with Crippen LogP contribution in [0.15, 0.2) is 22.7 Å². The van der Waals surface area contributed by atoms with E-state index < -0.39 is 0 Å². The van der Waals surface area contributed by atoms with Crippen LogP contribution in [0.3, 0.4) is 0 Å².